The van der Waals surface area contributed by atoms with Crippen LogP contribution < -0.4 is 5.32 Å². The molecule has 2 saturated carbocycles. The predicted octanol–water partition coefficient (Wildman–Crippen LogP) is 2.11. The second-order valence-electron chi connectivity index (χ2n) is 7.89. The van der Waals surface area contributed by atoms with Gasteiger partial charge in [-0.2, -0.15) is 0 Å². The van der Waals surface area contributed by atoms with E-state index in [1.807, 2.05) is 0 Å². The summed E-state index contributed by atoms with van der Waals surface area (Å²) in [4.78, 5) is 17.1. The number of benzene rings is 1. The largest absolute Gasteiger partial charge is 0.352 e. The molecule has 3 fully saturated rings. The number of piperazine rings is 1. The second kappa shape index (κ2) is 7.24. The summed E-state index contributed by atoms with van der Waals surface area (Å²) in [5.74, 6) is 1.90. The lowest BCUT2D eigenvalue weighted by molar-refractivity contribution is -0.123. The molecule has 1 aromatic carbocycles. The van der Waals surface area contributed by atoms with Crippen LogP contribution in [0, 0.1) is 11.8 Å². The summed E-state index contributed by atoms with van der Waals surface area (Å²) in [5.41, 5.74) is 1.37. The van der Waals surface area contributed by atoms with Crippen molar-refractivity contribution in [2.45, 2.75) is 38.3 Å². The third kappa shape index (κ3) is 3.81. The van der Waals surface area contributed by atoms with E-state index in [0.29, 0.717) is 12.6 Å². The summed E-state index contributed by atoms with van der Waals surface area (Å²) in [5, 5.41) is 3.31. The fourth-order valence-corrected chi connectivity index (χ4v) is 4.82. The van der Waals surface area contributed by atoms with Gasteiger partial charge in [0.2, 0.25) is 5.91 Å². The zero-order valence-electron chi connectivity index (χ0n) is 14.5. The van der Waals surface area contributed by atoms with Crippen LogP contribution >= 0.6 is 0 Å². The summed E-state index contributed by atoms with van der Waals surface area (Å²) in [7, 11) is 0. The Morgan fingerprint density at radius 2 is 1.75 bits per heavy atom. The van der Waals surface area contributed by atoms with E-state index < -0.39 is 0 Å². The van der Waals surface area contributed by atoms with Gasteiger partial charge < -0.3 is 5.32 Å². The lowest BCUT2D eigenvalue weighted by Gasteiger charge is -2.34. The van der Waals surface area contributed by atoms with Crippen LogP contribution in [0.1, 0.15) is 31.2 Å². The van der Waals surface area contributed by atoms with Crippen LogP contribution in [0.3, 0.4) is 0 Å². The molecule has 0 aromatic heterocycles. The molecular weight excluding hydrogens is 298 g/mol. The van der Waals surface area contributed by atoms with Gasteiger partial charge in [0.1, 0.15) is 0 Å². The summed E-state index contributed by atoms with van der Waals surface area (Å²) < 4.78 is 0. The standard InChI is InChI=1S/C20H29N3O/c24-20(21-19-13-17-6-7-18(19)12-17)15-23-10-8-22(9-11-23)14-16-4-2-1-3-5-16/h1-5,17-19H,6-15H2,(H,21,24)/t17-,18-,19-/m0/s1. The summed E-state index contributed by atoms with van der Waals surface area (Å²) in [6.45, 7) is 5.69. The van der Waals surface area contributed by atoms with Gasteiger partial charge in [0.15, 0.2) is 0 Å². The first kappa shape index (κ1) is 16.1. The molecule has 1 aromatic rings. The monoisotopic (exact) mass is 327 g/mol. The average Bonchev–Trinajstić information content (AvgIpc) is 3.20. The normalized spacial score (nSPS) is 30.6. The fourth-order valence-electron chi connectivity index (χ4n) is 4.82. The Morgan fingerprint density at radius 1 is 1.00 bits per heavy atom. The topological polar surface area (TPSA) is 35.6 Å². The molecule has 1 amide bonds. The molecule has 4 rings (SSSR count). The summed E-state index contributed by atoms with van der Waals surface area (Å²) >= 11 is 0. The van der Waals surface area contributed by atoms with Crippen molar-refractivity contribution < 1.29 is 4.79 Å². The van der Waals surface area contributed by atoms with Crippen LogP contribution in [0.15, 0.2) is 30.3 Å². The van der Waals surface area contributed by atoms with Gasteiger partial charge in [-0.1, -0.05) is 36.8 Å². The van der Waals surface area contributed by atoms with E-state index in [-0.39, 0.29) is 5.91 Å². The van der Waals surface area contributed by atoms with Crippen LogP contribution in [-0.4, -0.2) is 54.5 Å². The molecule has 3 aliphatic rings. The second-order valence-corrected chi connectivity index (χ2v) is 7.89. The van der Waals surface area contributed by atoms with Crippen LogP contribution in [0.4, 0.5) is 0 Å². The third-order valence-corrected chi connectivity index (χ3v) is 6.17. The number of carbonyl (C=O) groups excluding carboxylic acids is 1. The van der Waals surface area contributed by atoms with Crippen LogP contribution in [0.5, 0.6) is 0 Å². The molecule has 1 saturated heterocycles. The van der Waals surface area contributed by atoms with E-state index in [1.54, 1.807) is 0 Å². The number of carbonyl (C=O) groups is 1. The first-order valence-corrected chi connectivity index (χ1v) is 9.54. The Morgan fingerprint density at radius 3 is 2.42 bits per heavy atom. The highest BCUT2D eigenvalue weighted by Crippen LogP contribution is 2.44. The van der Waals surface area contributed by atoms with Crippen molar-refractivity contribution in [3.63, 3.8) is 0 Å². The molecule has 24 heavy (non-hydrogen) atoms. The zero-order valence-corrected chi connectivity index (χ0v) is 14.5. The first-order valence-electron chi connectivity index (χ1n) is 9.54. The maximum Gasteiger partial charge on any atom is 0.234 e. The number of hydrogen-bond acceptors (Lipinski definition) is 3. The Bertz CT molecular complexity index is 553. The van der Waals surface area contributed by atoms with E-state index in [9.17, 15) is 4.79 Å². The minimum Gasteiger partial charge on any atom is -0.352 e. The van der Waals surface area contributed by atoms with Crippen molar-refractivity contribution in [2.75, 3.05) is 32.7 Å². The minimum absolute atomic E-state index is 0.240. The first-order chi connectivity index (χ1) is 11.8. The molecule has 0 radical (unpaired) electrons. The third-order valence-electron chi connectivity index (χ3n) is 6.17. The SMILES string of the molecule is O=C(CN1CCN(Cc2ccccc2)CC1)N[C@H]1C[C@H]2CC[C@H]1C2. The summed E-state index contributed by atoms with van der Waals surface area (Å²) in [6, 6.07) is 11.1. The number of hydrogen-bond donors (Lipinski definition) is 1. The minimum atomic E-state index is 0.240. The highest BCUT2D eigenvalue weighted by molar-refractivity contribution is 5.78. The van der Waals surface area contributed by atoms with Gasteiger partial charge in [-0.05, 0) is 36.7 Å². The van der Waals surface area contributed by atoms with Gasteiger partial charge in [0.05, 0.1) is 6.54 Å². The highest BCUT2D eigenvalue weighted by atomic mass is 16.2. The van der Waals surface area contributed by atoms with E-state index >= 15 is 0 Å². The van der Waals surface area contributed by atoms with Gasteiger partial charge in [-0.3, -0.25) is 14.6 Å². The average molecular weight is 327 g/mol. The van der Waals surface area contributed by atoms with Crippen LogP contribution in [0.25, 0.3) is 0 Å². The van der Waals surface area contributed by atoms with E-state index in [2.05, 4.69) is 45.4 Å². The number of nitrogens with one attached hydrogen (secondary N) is 1. The van der Waals surface area contributed by atoms with Crippen molar-refractivity contribution in [3.8, 4) is 0 Å². The van der Waals surface area contributed by atoms with Gasteiger partial charge in [0.25, 0.3) is 0 Å². The Labute approximate surface area is 145 Å². The Kier molecular flexibility index (Phi) is 4.86. The molecular formula is C20H29N3O. The Hall–Kier alpha value is -1.39. The number of amides is 1. The zero-order chi connectivity index (χ0) is 16.4. The number of rotatable bonds is 5. The maximum atomic E-state index is 12.3. The van der Waals surface area contributed by atoms with E-state index in [1.165, 1.54) is 31.2 Å². The molecule has 130 valence electrons. The lowest BCUT2D eigenvalue weighted by Crippen LogP contribution is -2.50. The molecule has 1 aliphatic heterocycles. The molecule has 0 spiro atoms. The number of fused-ring (bicyclic) bond motifs is 2. The van der Waals surface area contributed by atoms with Crippen LogP contribution in [0.2, 0.25) is 0 Å². The van der Waals surface area contributed by atoms with Crippen molar-refractivity contribution in [1.29, 1.82) is 0 Å². The van der Waals surface area contributed by atoms with Crippen molar-refractivity contribution in [1.82, 2.24) is 15.1 Å². The predicted molar refractivity (Wildman–Crippen MR) is 95.5 cm³/mol. The Balaban J connectivity index is 1.18. The molecule has 1 heterocycles. The van der Waals surface area contributed by atoms with Crippen LogP contribution in [-0.2, 0) is 11.3 Å². The molecule has 1 N–H and O–H groups in total. The molecule has 0 unspecified atom stereocenters. The van der Waals surface area contributed by atoms with Gasteiger partial charge in [0, 0.05) is 38.8 Å². The smallest absolute Gasteiger partial charge is 0.234 e. The molecule has 4 heteroatoms. The van der Waals surface area contributed by atoms with Crippen molar-refractivity contribution in [3.05, 3.63) is 35.9 Å². The van der Waals surface area contributed by atoms with E-state index in [0.717, 1.165) is 44.6 Å². The van der Waals surface area contributed by atoms with Crippen molar-refractivity contribution >= 4 is 5.91 Å². The highest BCUT2D eigenvalue weighted by Gasteiger charge is 2.40. The van der Waals surface area contributed by atoms with Gasteiger partial charge in [-0.25, -0.2) is 0 Å². The quantitative estimate of drug-likeness (QED) is 0.900. The number of nitrogens with zero attached hydrogens (tertiary/aromatic N) is 2. The lowest BCUT2D eigenvalue weighted by atomic mass is 9.95. The van der Waals surface area contributed by atoms with E-state index in [4.69, 9.17) is 0 Å². The molecule has 2 bridgehead atoms. The molecule has 2 aliphatic carbocycles. The summed E-state index contributed by atoms with van der Waals surface area (Å²) in [6.07, 6.45) is 5.29. The van der Waals surface area contributed by atoms with Gasteiger partial charge in [-0.15, -0.1) is 0 Å². The van der Waals surface area contributed by atoms with Crippen molar-refractivity contribution in [2.24, 2.45) is 11.8 Å². The van der Waals surface area contributed by atoms with Gasteiger partial charge >= 0.3 is 0 Å². The maximum absolute atomic E-state index is 12.3. The molecule has 4 nitrogen and oxygen atoms in total. The fraction of sp³-hybridized carbons (Fsp3) is 0.650. The molecule has 3 atom stereocenters.